The predicted octanol–water partition coefficient (Wildman–Crippen LogP) is 1.53. The van der Waals surface area contributed by atoms with E-state index in [0.717, 1.165) is 4.80 Å². The fourth-order valence-electron chi connectivity index (χ4n) is 2.21. The van der Waals surface area contributed by atoms with Crippen molar-refractivity contribution in [3.63, 3.8) is 0 Å². The van der Waals surface area contributed by atoms with Gasteiger partial charge in [0.05, 0.1) is 0 Å². The second kappa shape index (κ2) is 7.09. The number of hydrogen-bond donors (Lipinski definition) is 2. The first-order chi connectivity index (χ1) is 12.4. The van der Waals surface area contributed by atoms with Crippen LogP contribution >= 0.6 is 0 Å². The maximum atomic E-state index is 13.5. The molecule has 3 N–H and O–H groups in total. The number of nitrogens with one attached hydrogen (secondary N) is 1. The highest BCUT2D eigenvalue weighted by atomic mass is 19.1. The number of aromatic nitrogens is 4. The second-order valence-electron chi connectivity index (χ2n) is 5.60. The molecule has 2 amide bonds. The quantitative estimate of drug-likeness (QED) is 0.721. The van der Waals surface area contributed by atoms with Crippen molar-refractivity contribution in [1.82, 2.24) is 20.2 Å². The molecule has 26 heavy (non-hydrogen) atoms. The zero-order valence-corrected chi connectivity index (χ0v) is 13.8. The Hall–Kier alpha value is -3.62. The van der Waals surface area contributed by atoms with Crippen LogP contribution in [0.15, 0.2) is 42.5 Å². The predicted molar refractivity (Wildman–Crippen MR) is 91.5 cm³/mol. The van der Waals surface area contributed by atoms with Gasteiger partial charge in [-0.25, -0.2) is 4.39 Å². The van der Waals surface area contributed by atoms with E-state index in [9.17, 15) is 14.0 Å². The largest absolute Gasteiger partial charge is 0.366 e. The third-order valence-electron chi connectivity index (χ3n) is 3.62. The minimum Gasteiger partial charge on any atom is -0.366 e. The second-order valence-corrected chi connectivity index (χ2v) is 5.60. The lowest BCUT2D eigenvalue weighted by molar-refractivity contribution is -0.117. The van der Waals surface area contributed by atoms with Gasteiger partial charge in [-0.3, -0.25) is 9.59 Å². The number of hydrogen-bond acceptors (Lipinski definition) is 5. The number of carbonyl (C=O) groups excluding carboxylic acids is 2. The SMILES string of the molecule is Cc1ccc(NC(=O)Cn2nnc(-c3ccc(C(N)=O)cc3)n2)cc1F. The van der Waals surface area contributed by atoms with Crippen LogP contribution in [0.4, 0.5) is 10.1 Å². The molecule has 2 aromatic carbocycles. The van der Waals surface area contributed by atoms with Crippen LogP contribution in [-0.4, -0.2) is 32.0 Å². The van der Waals surface area contributed by atoms with E-state index in [2.05, 4.69) is 20.7 Å². The number of primary amides is 1. The number of carbonyl (C=O) groups is 2. The molecule has 3 rings (SSSR count). The Balaban J connectivity index is 1.66. The van der Waals surface area contributed by atoms with Crippen molar-refractivity contribution < 1.29 is 14.0 Å². The zero-order valence-electron chi connectivity index (χ0n) is 13.8. The molecule has 0 atom stereocenters. The van der Waals surface area contributed by atoms with Crippen molar-refractivity contribution in [1.29, 1.82) is 0 Å². The molecule has 0 fully saturated rings. The van der Waals surface area contributed by atoms with Crippen molar-refractivity contribution in [3.8, 4) is 11.4 Å². The van der Waals surface area contributed by atoms with Crippen LogP contribution < -0.4 is 11.1 Å². The zero-order chi connectivity index (χ0) is 18.7. The summed E-state index contributed by atoms with van der Waals surface area (Å²) < 4.78 is 13.5. The molecular formula is C17H15FN6O2. The third-order valence-corrected chi connectivity index (χ3v) is 3.62. The molecule has 0 radical (unpaired) electrons. The van der Waals surface area contributed by atoms with E-state index in [1.165, 1.54) is 6.07 Å². The first-order valence-electron chi connectivity index (χ1n) is 7.66. The molecule has 0 aliphatic carbocycles. The Bertz CT molecular complexity index is 968. The molecule has 0 saturated carbocycles. The summed E-state index contributed by atoms with van der Waals surface area (Å²) in [5, 5.41) is 14.4. The van der Waals surface area contributed by atoms with Crippen LogP contribution in [0.25, 0.3) is 11.4 Å². The molecule has 8 nitrogen and oxygen atoms in total. The number of rotatable bonds is 5. The Morgan fingerprint density at radius 1 is 1.19 bits per heavy atom. The average Bonchev–Trinajstić information content (AvgIpc) is 3.06. The van der Waals surface area contributed by atoms with E-state index < -0.39 is 17.6 Å². The van der Waals surface area contributed by atoms with E-state index in [-0.39, 0.29) is 6.54 Å². The van der Waals surface area contributed by atoms with Gasteiger partial charge in [-0.15, -0.1) is 10.2 Å². The van der Waals surface area contributed by atoms with E-state index in [1.54, 1.807) is 43.3 Å². The van der Waals surface area contributed by atoms with Crippen molar-refractivity contribution in [2.45, 2.75) is 13.5 Å². The van der Waals surface area contributed by atoms with E-state index in [4.69, 9.17) is 5.73 Å². The highest BCUT2D eigenvalue weighted by molar-refractivity contribution is 5.93. The van der Waals surface area contributed by atoms with Crippen LogP contribution in [-0.2, 0) is 11.3 Å². The number of amides is 2. The lowest BCUT2D eigenvalue weighted by Crippen LogP contribution is -2.20. The molecule has 1 heterocycles. The fourth-order valence-corrected chi connectivity index (χ4v) is 2.21. The maximum absolute atomic E-state index is 13.5. The van der Waals surface area contributed by atoms with Crippen LogP contribution in [0.2, 0.25) is 0 Å². The van der Waals surface area contributed by atoms with Gasteiger partial charge in [-0.05, 0) is 42.0 Å². The number of nitrogens with zero attached hydrogens (tertiary/aromatic N) is 4. The summed E-state index contributed by atoms with van der Waals surface area (Å²) >= 11 is 0. The number of nitrogens with two attached hydrogens (primary N) is 1. The average molecular weight is 354 g/mol. The van der Waals surface area contributed by atoms with Crippen molar-refractivity contribution in [2.24, 2.45) is 5.73 Å². The maximum Gasteiger partial charge on any atom is 0.248 e. The Labute approximate surface area is 147 Å². The molecule has 0 bridgehead atoms. The van der Waals surface area contributed by atoms with Crippen LogP contribution in [0.5, 0.6) is 0 Å². The summed E-state index contributed by atoms with van der Waals surface area (Å²) in [6.45, 7) is 1.46. The van der Waals surface area contributed by atoms with Crippen LogP contribution in [0, 0.1) is 12.7 Å². The van der Waals surface area contributed by atoms with Crippen LogP contribution in [0.3, 0.4) is 0 Å². The van der Waals surface area contributed by atoms with Gasteiger partial charge in [-0.2, -0.15) is 4.80 Å². The number of halogens is 1. The first-order valence-corrected chi connectivity index (χ1v) is 7.66. The summed E-state index contributed by atoms with van der Waals surface area (Å²) in [4.78, 5) is 24.2. The van der Waals surface area contributed by atoms with Gasteiger partial charge in [0.15, 0.2) is 0 Å². The molecule has 0 unspecified atom stereocenters. The summed E-state index contributed by atoms with van der Waals surface area (Å²) in [5.74, 6) is -1.04. The number of anilines is 1. The van der Waals surface area contributed by atoms with Crippen LogP contribution in [0.1, 0.15) is 15.9 Å². The Kier molecular flexibility index (Phi) is 4.70. The van der Waals surface area contributed by atoms with Crippen molar-refractivity contribution in [3.05, 3.63) is 59.4 Å². The smallest absolute Gasteiger partial charge is 0.248 e. The molecule has 0 aliphatic rings. The lowest BCUT2D eigenvalue weighted by atomic mass is 10.1. The van der Waals surface area contributed by atoms with Gasteiger partial charge in [0.1, 0.15) is 12.4 Å². The van der Waals surface area contributed by atoms with Gasteiger partial charge >= 0.3 is 0 Å². The minimum atomic E-state index is -0.530. The van der Waals surface area contributed by atoms with E-state index in [0.29, 0.717) is 28.2 Å². The summed E-state index contributed by atoms with van der Waals surface area (Å²) in [5.41, 5.74) is 7.02. The molecule has 1 aromatic heterocycles. The Morgan fingerprint density at radius 2 is 1.92 bits per heavy atom. The van der Waals surface area contributed by atoms with Gasteiger partial charge < -0.3 is 11.1 Å². The normalized spacial score (nSPS) is 10.5. The molecule has 3 aromatic rings. The monoisotopic (exact) mass is 354 g/mol. The highest BCUT2D eigenvalue weighted by Gasteiger charge is 2.11. The topological polar surface area (TPSA) is 116 Å². The van der Waals surface area contributed by atoms with E-state index in [1.807, 2.05) is 0 Å². The molecule has 132 valence electrons. The molecule has 9 heteroatoms. The molecular weight excluding hydrogens is 339 g/mol. The highest BCUT2D eigenvalue weighted by Crippen LogP contribution is 2.15. The number of benzene rings is 2. The minimum absolute atomic E-state index is 0.179. The molecule has 0 aliphatic heterocycles. The number of tetrazole rings is 1. The third kappa shape index (κ3) is 3.89. The standard InChI is InChI=1S/C17H15FN6O2/c1-10-2-7-13(8-14(10)18)20-15(25)9-24-22-17(21-23-24)12-5-3-11(4-6-12)16(19)26/h2-8H,9H2,1H3,(H2,19,26)(H,20,25). The number of aryl methyl sites for hydroxylation is 1. The van der Waals surface area contributed by atoms with Crippen molar-refractivity contribution in [2.75, 3.05) is 5.32 Å². The first kappa shape index (κ1) is 17.2. The van der Waals surface area contributed by atoms with Gasteiger partial charge in [0, 0.05) is 16.8 Å². The summed E-state index contributed by atoms with van der Waals surface area (Å²) in [7, 11) is 0. The van der Waals surface area contributed by atoms with Gasteiger partial charge in [-0.1, -0.05) is 18.2 Å². The van der Waals surface area contributed by atoms with Gasteiger partial charge in [0.25, 0.3) is 0 Å². The Morgan fingerprint density at radius 3 is 2.58 bits per heavy atom. The molecule has 0 saturated heterocycles. The van der Waals surface area contributed by atoms with E-state index >= 15 is 0 Å². The molecule has 0 spiro atoms. The summed E-state index contributed by atoms with van der Waals surface area (Å²) in [6.07, 6.45) is 0. The lowest BCUT2D eigenvalue weighted by Gasteiger charge is -2.05. The van der Waals surface area contributed by atoms with Crippen molar-refractivity contribution >= 4 is 17.5 Å². The fraction of sp³-hybridized carbons (Fsp3) is 0.118. The van der Waals surface area contributed by atoms with Gasteiger partial charge in [0.2, 0.25) is 17.6 Å². The summed E-state index contributed by atoms with van der Waals surface area (Å²) in [6, 6.07) is 10.8.